The Bertz CT molecular complexity index is 1190. The molecule has 0 bridgehead atoms. The lowest BCUT2D eigenvalue weighted by atomic mass is 10.1. The number of esters is 2. The van der Waals surface area contributed by atoms with Crippen molar-refractivity contribution in [2.45, 2.75) is 40.3 Å². The van der Waals surface area contributed by atoms with Crippen molar-refractivity contribution in [1.29, 1.82) is 0 Å². The third-order valence-electron chi connectivity index (χ3n) is 5.39. The maximum Gasteiger partial charge on any atom is 0.339 e. The molecule has 1 aromatic heterocycles. The Balaban J connectivity index is 1.82. The fourth-order valence-electron chi connectivity index (χ4n) is 3.71. The van der Waals surface area contributed by atoms with Crippen LogP contribution >= 0.6 is 0 Å². The van der Waals surface area contributed by atoms with E-state index in [0.29, 0.717) is 40.6 Å². The summed E-state index contributed by atoms with van der Waals surface area (Å²) >= 11 is 0. The van der Waals surface area contributed by atoms with Gasteiger partial charge in [0.25, 0.3) is 5.91 Å². The molecule has 8 heteroatoms. The molecule has 0 aliphatic heterocycles. The second-order valence-electron chi connectivity index (χ2n) is 7.79. The van der Waals surface area contributed by atoms with Crippen LogP contribution in [0, 0.1) is 13.8 Å². The second kappa shape index (κ2) is 11.9. The van der Waals surface area contributed by atoms with Gasteiger partial charge in [-0.2, -0.15) is 0 Å². The molecule has 1 heterocycles. The number of benzene rings is 2. The van der Waals surface area contributed by atoms with E-state index in [1.165, 1.54) is 0 Å². The third-order valence-corrected chi connectivity index (χ3v) is 5.39. The first kappa shape index (κ1) is 25.6. The normalized spacial score (nSPS) is 11.4. The Labute approximate surface area is 204 Å². The number of rotatable bonds is 10. The highest BCUT2D eigenvalue weighted by Gasteiger charge is 2.27. The Morgan fingerprint density at radius 3 is 2.31 bits per heavy atom. The van der Waals surface area contributed by atoms with Crippen molar-refractivity contribution < 1.29 is 28.6 Å². The molecule has 35 heavy (non-hydrogen) atoms. The number of aryl methyl sites for hydroxylation is 1. The maximum absolute atomic E-state index is 13.2. The Morgan fingerprint density at radius 1 is 0.943 bits per heavy atom. The second-order valence-corrected chi connectivity index (χ2v) is 7.79. The van der Waals surface area contributed by atoms with E-state index >= 15 is 0 Å². The number of carbonyl (C=O) groups is 3. The van der Waals surface area contributed by atoms with E-state index in [1.807, 2.05) is 19.1 Å². The van der Waals surface area contributed by atoms with Gasteiger partial charge in [-0.15, -0.1) is 0 Å². The molecule has 0 spiro atoms. The molecule has 1 unspecified atom stereocenters. The van der Waals surface area contributed by atoms with Crippen molar-refractivity contribution in [2.24, 2.45) is 0 Å². The smallest absolute Gasteiger partial charge is 0.339 e. The Hall–Kier alpha value is -4.07. The minimum Gasteiger partial charge on any atom is -0.492 e. The van der Waals surface area contributed by atoms with Crippen LogP contribution in [-0.4, -0.2) is 35.6 Å². The van der Waals surface area contributed by atoms with Crippen LogP contribution in [-0.2, 0) is 25.6 Å². The molecule has 1 N–H and O–H groups in total. The van der Waals surface area contributed by atoms with Crippen molar-refractivity contribution in [3.05, 3.63) is 83.2 Å². The molecule has 0 saturated carbocycles. The van der Waals surface area contributed by atoms with Gasteiger partial charge in [0.15, 0.2) is 0 Å². The minimum absolute atomic E-state index is 0.163. The topological polar surface area (TPSA) is 95.9 Å². The number of hydrogen-bond acceptors (Lipinski definition) is 6. The predicted molar refractivity (Wildman–Crippen MR) is 131 cm³/mol. The minimum atomic E-state index is -1.18. The van der Waals surface area contributed by atoms with Crippen molar-refractivity contribution in [3.63, 3.8) is 0 Å². The Kier molecular flexibility index (Phi) is 8.67. The number of amides is 1. The zero-order valence-corrected chi connectivity index (χ0v) is 20.4. The average molecular weight is 479 g/mol. The predicted octanol–water partition coefficient (Wildman–Crippen LogP) is 4.60. The molecule has 0 radical (unpaired) electrons. The molecule has 0 aliphatic rings. The summed E-state index contributed by atoms with van der Waals surface area (Å²) in [5.41, 5.74) is 2.69. The van der Waals surface area contributed by atoms with Crippen LogP contribution < -0.4 is 10.1 Å². The fraction of sp³-hybridized carbons (Fsp3) is 0.296. The summed E-state index contributed by atoms with van der Waals surface area (Å²) in [5.74, 6) is -1.06. The van der Waals surface area contributed by atoms with Gasteiger partial charge < -0.3 is 24.1 Å². The highest BCUT2D eigenvalue weighted by molar-refractivity contribution is 5.97. The SMILES string of the molecule is CCOC(=O)c1cc(C)n(CC(=O)OC(C(=O)Nc2ccccc2OCC)c2ccccc2)c1C. The molecule has 3 rings (SSSR count). The number of ether oxygens (including phenoxy) is 3. The molecule has 2 aromatic carbocycles. The molecule has 0 saturated heterocycles. The van der Waals surface area contributed by atoms with Crippen LogP contribution in [0.3, 0.4) is 0 Å². The van der Waals surface area contributed by atoms with Gasteiger partial charge in [0.05, 0.1) is 24.5 Å². The molecule has 0 aliphatic carbocycles. The number of anilines is 1. The molecule has 0 fully saturated rings. The number of nitrogens with one attached hydrogen (secondary N) is 1. The number of carbonyl (C=O) groups excluding carboxylic acids is 3. The summed E-state index contributed by atoms with van der Waals surface area (Å²) in [6.45, 7) is 7.64. The van der Waals surface area contributed by atoms with Crippen molar-refractivity contribution in [2.75, 3.05) is 18.5 Å². The van der Waals surface area contributed by atoms with Crippen molar-refractivity contribution in [1.82, 2.24) is 4.57 Å². The summed E-state index contributed by atoms with van der Waals surface area (Å²) < 4.78 is 18.0. The van der Waals surface area contributed by atoms with E-state index in [1.54, 1.807) is 73.9 Å². The largest absolute Gasteiger partial charge is 0.492 e. The van der Waals surface area contributed by atoms with E-state index in [-0.39, 0.29) is 13.2 Å². The monoisotopic (exact) mass is 478 g/mol. The van der Waals surface area contributed by atoms with Gasteiger partial charge in [-0.25, -0.2) is 4.79 Å². The van der Waals surface area contributed by atoms with E-state index in [9.17, 15) is 14.4 Å². The molecule has 1 amide bonds. The van der Waals surface area contributed by atoms with Crippen molar-refractivity contribution >= 4 is 23.5 Å². The summed E-state index contributed by atoms with van der Waals surface area (Å²) in [6, 6.07) is 17.5. The number of hydrogen-bond donors (Lipinski definition) is 1. The van der Waals surface area contributed by atoms with Gasteiger partial charge in [-0.05, 0) is 45.9 Å². The number of aromatic nitrogens is 1. The molecule has 1 atom stereocenters. The highest BCUT2D eigenvalue weighted by atomic mass is 16.5. The average Bonchev–Trinajstić information content (AvgIpc) is 3.13. The lowest BCUT2D eigenvalue weighted by Gasteiger charge is -2.20. The van der Waals surface area contributed by atoms with Crippen LogP contribution in [0.2, 0.25) is 0 Å². The zero-order valence-electron chi connectivity index (χ0n) is 20.4. The summed E-state index contributed by atoms with van der Waals surface area (Å²) in [6.07, 6.45) is -1.18. The van der Waals surface area contributed by atoms with E-state index in [2.05, 4.69) is 5.32 Å². The standard InChI is InChI=1S/C27H30N2O6/c1-5-33-23-15-11-10-14-22(23)28-26(31)25(20-12-8-7-9-13-20)35-24(30)17-29-18(3)16-21(19(29)4)27(32)34-6-2/h7-16,25H,5-6,17H2,1-4H3,(H,28,31). The molecular formula is C27H30N2O6. The quantitative estimate of drug-likeness (QED) is 0.428. The lowest BCUT2D eigenvalue weighted by Crippen LogP contribution is -2.28. The van der Waals surface area contributed by atoms with Gasteiger partial charge in [-0.1, -0.05) is 42.5 Å². The summed E-state index contributed by atoms with van der Waals surface area (Å²) in [7, 11) is 0. The summed E-state index contributed by atoms with van der Waals surface area (Å²) in [4.78, 5) is 38.4. The first-order valence-corrected chi connectivity index (χ1v) is 11.5. The first-order valence-electron chi connectivity index (χ1n) is 11.5. The van der Waals surface area contributed by atoms with Crippen LogP contribution in [0.4, 0.5) is 5.69 Å². The van der Waals surface area contributed by atoms with Gasteiger partial charge >= 0.3 is 11.9 Å². The van der Waals surface area contributed by atoms with Gasteiger partial charge in [-0.3, -0.25) is 9.59 Å². The molecule has 3 aromatic rings. The van der Waals surface area contributed by atoms with E-state index < -0.39 is 23.9 Å². The highest BCUT2D eigenvalue weighted by Crippen LogP contribution is 2.27. The fourth-order valence-corrected chi connectivity index (χ4v) is 3.71. The Morgan fingerprint density at radius 2 is 1.63 bits per heavy atom. The van der Waals surface area contributed by atoms with Gasteiger partial charge in [0.2, 0.25) is 6.10 Å². The molecular weight excluding hydrogens is 448 g/mol. The van der Waals surface area contributed by atoms with E-state index in [4.69, 9.17) is 14.2 Å². The number of nitrogens with zero attached hydrogens (tertiary/aromatic N) is 1. The van der Waals surface area contributed by atoms with Crippen molar-refractivity contribution in [3.8, 4) is 5.75 Å². The number of para-hydroxylation sites is 2. The molecule has 8 nitrogen and oxygen atoms in total. The van der Waals surface area contributed by atoms with Crippen LogP contribution in [0.5, 0.6) is 5.75 Å². The molecule has 184 valence electrons. The lowest BCUT2D eigenvalue weighted by molar-refractivity contribution is -0.155. The van der Waals surface area contributed by atoms with E-state index in [0.717, 1.165) is 0 Å². The van der Waals surface area contributed by atoms with Crippen LogP contribution in [0.25, 0.3) is 0 Å². The zero-order chi connectivity index (χ0) is 25.4. The third kappa shape index (κ3) is 6.29. The van der Waals surface area contributed by atoms with Crippen LogP contribution in [0.1, 0.15) is 47.3 Å². The van der Waals surface area contributed by atoms with Gasteiger partial charge in [0.1, 0.15) is 12.3 Å². The van der Waals surface area contributed by atoms with Gasteiger partial charge in [0, 0.05) is 17.0 Å². The first-order chi connectivity index (χ1) is 16.8. The van der Waals surface area contributed by atoms with Crippen LogP contribution in [0.15, 0.2) is 60.7 Å². The summed E-state index contributed by atoms with van der Waals surface area (Å²) in [5, 5.41) is 2.81. The maximum atomic E-state index is 13.2.